The Morgan fingerprint density at radius 2 is 1.11 bits per heavy atom. The molecule has 160 valence electrons. The number of carbonyl (C=O) groups excluding carboxylic acids is 1. The van der Waals surface area contributed by atoms with E-state index in [0.29, 0.717) is 0 Å². The summed E-state index contributed by atoms with van der Waals surface area (Å²) in [7, 11) is 0. The second-order valence-electron chi connectivity index (χ2n) is 5.27. The van der Waals surface area contributed by atoms with Crippen LogP contribution in [0.5, 0.6) is 0 Å². The van der Waals surface area contributed by atoms with Crippen LogP contribution in [0.3, 0.4) is 0 Å². The summed E-state index contributed by atoms with van der Waals surface area (Å²) in [6, 6.07) is 0. The summed E-state index contributed by atoms with van der Waals surface area (Å²) in [4.78, 5) is 10.2. The number of hydrogen-bond acceptors (Lipinski definition) is 2. The highest BCUT2D eigenvalue weighted by atomic mass is 19.4. The Morgan fingerprint density at radius 3 is 1.41 bits per heavy atom. The summed E-state index contributed by atoms with van der Waals surface area (Å²) < 4.78 is 171. The fraction of sp³-hybridized carbons (Fsp3) is 0.750. The minimum absolute atomic E-state index is 0.0726. The van der Waals surface area contributed by atoms with Gasteiger partial charge in [0.25, 0.3) is 0 Å². The maximum absolute atomic E-state index is 13.3. The first-order valence-electron chi connectivity index (χ1n) is 6.34. The summed E-state index contributed by atoms with van der Waals surface area (Å²) in [5.74, 6) is -46.7. The molecule has 0 aromatic carbocycles. The van der Waals surface area contributed by atoms with Crippen LogP contribution >= 0.6 is 0 Å². The van der Waals surface area contributed by atoms with Gasteiger partial charge in [-0.3, -0.25) is 0 Å². The van der Waals surface area contributed by atoms with Crippen LogP contribution in [0, 0.1) is 0 Å². The molecule has 0 spiro atoms. The van der Waals surface area contributed by atoms with E-state index in [9.17, 15) is 67.0 Å². The average Bonchev–Trinajstić information content (AvgIpc) is 2.45. The largest absolute Gasteiger partial charge is 0.545 e. The van der Waals surface area contributed by atoms with Gasteiger partial charge in [-0.1, -0.05) is 0 Å². The Hall–Kier alpha value is -1.70. The topological polar surface area (TPSA) is 40.1 Å². The lowest BCUT2D eigenvalue weighted by molar-refractivity contribution is -0.424. The number of carbonyl (C=O) groups is 1. The third-order valence-electron chi connectivity index (χ3n) is 3.24. The van der Waals surface area contributed by atoms with Crippen molar-refractivity contribution >= 4 is 5.97 Å². The van der Waals surface area contributed by atoms with Crippen LogP contribution in [0.4, 0.5) is 57.1 Å². The number of carboxylic acids is 1. The van der Waals surface area contributed by atoms with Crippen LogP contribution in [0.15, 0.2) is 11.6 Å². The molecular weight excluding hydrogens is 423 g/mol. The normalized spacial score (nSPS) is 17.1. The van der Waals surface area contributed by atoms with Gasteiger partial charge < -0.3 is 9.90 Å². The first-order valence-corrected chi connectivity index (χ1v) is 6.34. The fourth-order valence-corrected chi connectivity index (χ4v) is 1.48. The predicted octanol–water partition coefficient (Wildman–Crippen LogP) is 3.85. The Kier molecular flexibility index (Phi) is 6.30. The summed E-state index contributed by atoms with van der Waals surface area (Å²) in [5, 5.41) is 10.2. The SMILES string of the molecule is C/C(=C\C(F)(F)C(F)(F)C(F)(F)C(F)(F)C(F)(F)C(F)(F)C(C)F)C(=O)[O-]. The van der Waals surface area contributed by atoms with Crippen LogP contribution < -0.4 is 5.11 Å². The molecule has 27 heavy (non-hydrogen) atoms. The maximum Gasteiger partial charge on any atom is 0.385 e. The number of alkyl halides is 13. The van der Waals surface area contributed by atoms with Crippen LogP contribution in [0.25, 0.3) is 0 Å². The molecular formula is C12H8F13O2-. The zero-order valence-corrected chi connectivity index (χ0v) is 12.9. The zero-order valence-electron chi connectivity index (χ0n) is 12.9. The number of rotatable bonds is 8. The highest BCUT2D eigenvalue weighted by molar-refractivity contribution is 5.84. The van der Waals surface area contributed by atoms with Crippen LogP contribution in [-0.2, 0) is 4.79 Å². The van der Waals surface area contributed by atoms with E-state index < -0.39 is 66.2 Å². The smallest absolute Gasteiger partial charge is 0.385 e. The number of hydrogen-bond donors (Lipinski definition) is 0. The number of allylic oxidation sites excluding steroid dienone is 1. The van der Waals surface area contributed by atoms with Gasteiger partial charge in [0, 0.05) is 0 Å². The second kappa shape index (κ2) is 6.72. The van der Waals surface area contributed by atoms with Gasteiger partial charge in [0.1, 0.15) is 0 Å². The van der Waals surface area contributed by atoms with E-state index in [0.717, 1.165) is 0 Å². The molecule has 2 nitrogen and oxygen atoms in total. The highest BCUT2D eigenvalue weighted by Gasteiger charge is 2.90. The number of carboxylic acid groups (broad SMARTS) is 1. The van der Waals surface area contributed by atoms with Crippen molar-refractivity contribution in [3.05, 3.63) is 11.6 Å². The van der Waals surface area contributed by atoms with E-state index in [1.165, 1.54) is 0 Å². The van der Waals surface area contributed by atoms with Gasteiger partial charge in [0.05, 0.1) is 5.97 Å². The molecule has 0 aromatic heterocycles. The molecule has 0 aliphatic heterocycles. The van der Waals surface area contributed by atoms with Crippen molar-refractivity contribution < 1.29 is 67.0 Å². The summed E-state index contributed by atoms with van der Waals surface area (Å²) in [6.07, 6.45) is -5.79. The molecule has 15 heteroatoms. The van der Waals surface area contributed by atoms with Crippen LogP contribution in [0.2, 0.25) is 0 Å². The molecule has 0 aliphatic rings. The molecule has 0 aromatic rings. The van der Waals surface area contributed by atoms with Gasteiger partial charge >= 0.3 is 35.5 Å². The zero-order chi connectivity index (χ0) is 22.4. The Balaban J connectivity index is 6.52. The molecule has 0 saturated carbocycles. The minimum Gasteiger partial charge on any atom is -0.545 e. The molecule has 0 heterocycles. The van der Waals surface area contributed by atoms with Crippen molar-refractivity contribution in [3.63, 3.8) is 0 Å². The van der Waals surface area contributed by atoms with Gasteiger partial charge in [-0.15, -0.1) is 0 Å². The van der Waals surface area contributed by atoms with Crippen molar-refractivity contribution in [2.24, 2.45) is 0 Å². The lowest BCUT2D eigenvalue weighted by atomic mass is 9.89. The minimum atomic E-state index is -7.90. The third kappa shape index (κ3) is 3.56. The molecule has 0 rings (SSSR count). The monoisotopic (exact) mass is 431 g/mol. The molecule has 0 N–H and O–H groups in total. The highest BCUT2D eigenvalue weighted by Crippen LogP contribution is 2.60. The van der Waals surface area contributed by atoms with E-state index in [-0.39, 0.29) is 6.92 Å². The van der Waals surface area contributed by atoms with E-state index >= 15 is 0 Å². The maximum atomic E-state index is 13.3. The second-order valence-corrected chi connectivity index (χ2v) is 5.27. The number of halogens is 13. The molecule has 0 bridgehead atoms. The first kappa shape index (κ1) is 25.3. The summed E-state index contributed by atoms with van der Waals surface area (Å²) >= 11 is 0. The molecule has 0 fully saturated rings. The third-order valence-corrected chi connectivity index (χ3v) is 3.24. The van der Waals surface area contributed by atoms with Gasteiger partial charge in [0.15, 0.2) is 6.17 Å². The molecule has 1 unspecified atom stereocenters. The lowest BCUT2D eigenvalue weighted by Gasteiger charge is -2.41. The van der Waals surface area contributed by atoms with E-state index in [4.69, 9.17) is 0 Å². The standard InChI is InChI=1S/C12H9F13O2/c1-4(6(26)27)3-7(14,15)9(18,19)11(22,23)12(24,25)10(20,21)8(16,17)5(2)13/h3,5H,1-2H3,(H,26,27)/p-1/b4-3+. The fourth-order valence-electron chi connectivity index (χ4n) is 1.48. The summed E-state index contributed by atoms with van der Waals surface area (Å²) in [6.45, 7) is -0.427. The molecule has 0 amide bonds. The molecule has 0 aliphatic carbocycles. The quantitative estimate of drug-likeness (QED) is 0.433. The number of aliphatic carboxylic acids is 1. The average molecular weight is 431 g/mol. The molecule has 0 saturated heterocycles. The van der Waals surface area contributed by atoms with Crippen molar-refractivity contribution in [2.75, 3.05) is 0 Å². The van der Waals surface area contributed by atoms with Crippen molar-refractivity contribution in [1.29, 1.82) is 0 Å². The lowest BCUT2D eigenvalue weighted by Crippen LogP contribution is -2.71. The summed E-state index contributed by atoms with van der Waals surface area (Å²) in [5.41, 5.74) is -1.90. The van der Waals surface area contributed by atoms with Crippen LogP contribution in [0.1, 0.15) is 13.8 Å². The van der Waals surface area contributed by atoms with Crippen molar-refractivity contribution in [3.8, 4) is 0 Å². The van der Waals surface area contributed by atoms with Gasteiger partial charge in [0.2, 0.25) is 0 Å². The van der Waals surface area contributed by atoms with Gasteiger partial charge in [-0.2, -0.15) is 52.7 Å². The van der Waals surface area contributed by atoms with Crippen LogP contribution in [-0.4, -0.2) is 47.7 Å². The predicted molar refractivity (Wildman–Crippen MR) is 59.0 cm³/mol. The molecule has 1 atom stereocenters. The van der Waals surface area contributed by atoms with Crippen molar-refractivity contribution in [2.45, 2.75) is 55.6 Å². The molecule has 0 radical (unpaired) electrons. The van der Waals surface area contributed by atoms with E-state index in [1.54, 1.807) is 0 Å². The Labute approximate surface area is 141 Å². The van der Waals surface area contributed by atoms with Gasteiger partial charge in [-0.25, -0.2) is 4.39 Å². The van der Waals surface area contributed by atoms with E-state index in [2.05, 4.69) is 0 Å². The Bertz CT molecular complexity index is 606. The van der Waals surface area contributed by atoms with Crippen molar-refractivity contribution in [1.82, 2.24) is 0 Å². The Morgan fingerprint density at radius 1 is 0.778 bits per heavy atom. The van der Waals surface area contributed by atoms with E-state index in [1.807, 2.05) is 0 Å². The van der Waals surface area contributed by atoms with Gasteiger partial charge in [-0.05, 0) is 25.5 Å². The first-order chi connectivity index (χ1) is 11.5.